The highest BCUT2D eigenvalue weighted by molar-refractivity contribution is 5.85. The second kappa shape index (κ2) is 12.4. The number of carbonyl (C=O) groups is 2. The van der Waals surface area contributed by atoms with E-state index in [2.05, 4.69) is 26.3 Å². The van der Waals surface area contributed by atoms with Crippen LogP contribution < -0.4 is 21.3 Å². The fraction of sp³-hybridized carbons (Fsp3) is 0.842. The first kappa shape index (κ1) is 25.0. The van der Waals surface area contributed by atoms with Gasteiger partial charge in [-0.05, 0) is 47.0 Å². The van der Waals surface area contributed by atoms with Crippen molar-refractivity contribution in [1.82, 2.24) is 21.3 Å². The van der Waals surface area contributed by atoms with Gasteiger partial charge in [0, 0.05) is 19.6 Å². The minimum Gasteiger partial charge on any atom is -0.444 e. The Labute approximate surface area is 164 Å². The van der Waals surface area contributed by atoms with E-state index < -0.39 is 17.2 Å². The van der Waals surface area contributed by atoms with Crippen LogP contribution in [0.4, 0.5) is 4.79 Å². The Morgan fingerprint density at radius 3 is 2.07 bits per heavy atom. The lowest BCUT2D eigenvalue weighted by Gasteiger charge is -2.34. The monoisotopic (exact) mass is 385 g/mol. The zero-order valence-corrected chi connectivity index (χ0v) is 18.1. The molecule has 0 aliphatic rings. The summed E-state index contributed by atoms with van der Waals surface area (Å²) in [5, 5.41) is 12.1. The average Bonchev–Trinajstić information content (AvgIpc) is 2.59. The Bertz CT molecular complexity index is 482. The third-order valence-electron chi connectivity index (χ3n) is 4.01. The van der Waals surface area contributed by atoms with Crippen LogP contribution >= 0.6 is 0 Å². The van der Waals surface area contributed by atoms with E-state index in [1.165, 1.54) is 0 Å². The molecular weight excluding hydrogens is 346 g/mol. The molecule has 0 unspecified atom stereocenters. The minimum atomic E-state index is -0.549. The van der Waals surface area contributed by atoms with Crippen molar-refractivity contribution >= 4 is 18.0 Å². The van der Waals surface area contributed by atoms with Gasteiger partial charge in [-0.3, -0.25) is 4.79 Å². The summed E-state index contributed by atoms with van der Waals surface area (Å²) >= 11 is 0. The maximum atomic E-state index is 12.2. The van der Waals surface area contributed by atoms with Crippen LogP contribution in [0.25, 0.3) is 0 Å². The van der Waals surface area contributed by atoms with Gasteiger partial charge in [-0.15, -0.1) is 0 Å². The number of ether oxygens (including phenoxy) is 1. The summed E-state index contributed by atoms with van der Waals surface area (Å²) in [6.07, 6.45) is 1.91. The Balaban J connectivity index is 4.93. The first-order valence-corrected chi connectivity index (χ1v) is 9.91. The Hall–Kier alpha value is -1.99. The number of nitrogens with zero attached hydrogens (tertiary/aromatic N) is 1. The van der Waals surface area contributed by atoms with Crippen LogP contribution in [0.5, 0.6) is 0 Å². The second-order valence-corrected chi connectivity index (χ2v) is 7.51. The molecule has 2 amide bonds. The predicted molar refractivity (Wildman–Crippen MR) is 110 cm³/mol. The Kier molecular flexibility index (Phi) is 11.5. The molecule has 0 atom stereocenters. The summed E-state index contributed by atoms with van der Waals surface area (Å²) in [6, 6.07) is 0. The largest absolute Gasteiger partial charge is 0.444 e. The molecule has 27 heavy (non-hydrogen) atoms. The summed E-state index contributed by atoms with van der Waals surface area (Å²) in [5.74, 6) is 0.430. The summed E-state index contributed by atoms with van der Waals surface area (Å²) in [6.45, 7) is 15.4. The van der Waals surface area contributed by atoms with Gasteiger partial charge in [0.15, 0.2) is 5.96 Å². The topological polar surface area (TPSA) is 104 Å². The summed E-state index contributed by atoms with van der Waals surface area (Å²) < 4.78 is 5.39. The summed E-state index contributed by atoms with van der Waals surface area (Å²) in [4.78, 5) is 28.3. The first-order chi connectivity index (χ1) is 12.6. The second-order valence-electron chi connectivity index (χ2n) is 7.51. The van der Waals surface area contributed by atoms with Gasteiger partial charge >= 0.3 is 6.09 Å². The lowest BCUT2D eigenvalue weighted by atomic mass is 9.93. The van der Waals surface area contributed by atoms with Crippen molar-refractivity contribution in [3.63, 3.8) is 0 Å². The lowest BCUT2D eigenvalue weighted by molar-refractivity contribution is -0.119. The van der Waals surface area contributed by atoms with Crippen molar-refractivity contribution < 1.29 is 14.3 Å². The van der Waals surface area contributed by atoms with Gasteiger partial charge in [0.1, 0.15) is 12.1 Å². The van der Waals surface area contributed by atoms with E-state index in [1.54, 1.807) is 0 Å². The quantitative estimate of drug-likeness (QED) is 0.341. The number of carbonyl (C=O) groups excluding carboxylic acids is 2. The third kappa shape index (κ3) is 11.4. The standard InChI is InChI=1S/C19H39N5O3/c1-8-12-21-15(25)13-22-16(20-11-4)23-14-19(9-2,10-3)24-17(26)27-18(5,6)7/h8-14H2,1-7H3,(H,21,25)(H,24,26)(H2,20,22,23). The molecule has 0 saturated heterocycles. The zero-order chi connectivity index (χ0) is 20.9. The number of hydrogen-bond acceptors (Lipinski definition) is 4. The van der Waals surface area contributed by atoms with Gasteiger partial charge in [-0.1, -0.05) is 20.8 Å². The van der Waals surface area contributed by atoms with E-state index in [1.807, 2.05) is 48.5 Å². The average molecular weight is 386 g/mol. The van der Waals surface area contributed by atoms with Crippen LogP contribution in [-0.2, 0) is 9.53 Å². The predicted octanol–water partition coefficient (Wildman–Crippen LogP) is 2.15. The van der Waals surface area contributed by atoms with Gasteiger partial charge in [0.25, 0.3) is 0 Å². The van der Waals surface area contributed by atoms with Crippen molar-refractivity contribution in [3.8, 4) is 0 Å². The smallest absolute Gasteiger partial charge is 0.408 e. The minimum absolute atomic E-state index is 0.0556. The molecule has 0 fully saturated rings. The molecule has 8 heteroatoms. The molecule has 0 bridgehead atoms. The molecule has 0 rings (SSSR count). The van der Waals surface area contributed by atoms with Crippen LogP contribution in [0, 0.1) is 0 Å². The third-order valence-corrected chi connectivity index (χ3v) is 4.01. The van der Waals surface area contributed by atoms with Crippen molar-refractivity contribution in [3.05, 3.63) is 0 Å². The van der Waals surface area contributed by atoms with E-state index in [4.69, 9.17) is 4.74 Å². The van der Waals surface area contributed by atoms with Gasteiger partial charge in [-0.2, -0.15) is 0 Å². The fourth-order valence-corrected chi connectivity index (χ4v) is 2.31. The number of rotatable bonds is 10. The number of hydrogen-bond donors (Lipinski definition) is 4. The molecule has 8 nitrogen and oxygen atoms in total. The number of amides is 2. The highest BCUT2D eigenvalue weighted by Crippen LogP contribution is 2.16. The molecule has 0 heterocycles. The highest BCUT2D eigenvalue weighted by atomic mass is 16.6. The van der Waals surface area contributed by atoms with E-state index in [9.17, 15) is 9.59 Å². The maximum Gasteiger partial charge on any atom is 0.408 e. The fourth-order valence-electron chi connectivity index (χ4n) is 2.31. The van der Waals surface area contributed by atoms with E-state index in [-0.39, 0.29) is 12.5 Å². The van der Waals surface area contributed by atoms with Crippen LogP contribution in [0.2, 0.25) is 0 Å². The van der Waals surface area contributed by atoms with Crippen LogP contribution in [0.15, 0.2) is 4.99 Å². The van der Waals surface area contributed by atoms with Crippen molar-refractivity contribution in [2.45, 2.75) is 78.9 Å². The Morgan fingerprint density at radius 2 is 1.59 bits per heavy atom. The molecule has 0 spiro atoms. The molecule has 0 aromatic carbocycles. The van der Waals surface area contributed by atoms with Gasteiger partial charge in [0.05, 0.1) is 5.54 Å². The Morgan fingerprint density at radius 1 is 0.963 bits per heavy atom. The molecule has 0 aromatic heterocycles. The summed E-state index contributed by atoms with van der Waals surface area (Å²) in [7, 11) is 0. The van der Waals surface area contributed by atoms with Crippen LogP contribution in [0.3, 0.4) is 0 Å². The molecule has 4 N–H and O–H groups in total. The van der Waals surface area contributed by atoms with Crippen molar-refractivity contribution in [2.24, 2.45) is 4.99 Å². The number of nitrogens with one attached hydrogen (secondary N) is 4. The number of aliphatic imine (C=N–C) groups is 1. The highest BCUT2D eigenvalue weighted by Gasteiger charge is 2.30. The van der Waals surface area contributed by atoms with Gasteiger partial charge in [-0.25, -0.2) is 9.79 Å². The number of guanidine groups is 1. The van der Waals surface area contributed by atoms with Gasteiger partial charge in [0.2, 0.25) is 5.91 Å². The lowest BCUT2D eigenvalue weighted by Crippen LogP contribution is -2.57. The maximum absolute atomic E-state index is 12.2. The van der Waals surface area contributed by atoms with Crippen LogP contribution in [-0.4, -0.2) is 55.3 Å². The van der Waals surface area contributed by atoms with Crippen LogP contribution in [0.1, 0.15) is 67.7 Å². The van der Waals surface area contributed by atoms with Crippen molar-refractivity contribution in [2.75, 3.05) is 26.2 Å². The van der Waals surface area contributed by atoms with E-state index in [0.717, 1.165) is 19.3 Å². The van der Waals surface area contributed by atoms with E-state index >= 15 is 0 Å². The SMILES string of the molecule is CCCNC(=O)CN=C(NCC)NCC(CC)(CC)NC(=O)OC(C)(C)C. The first-order valence-electron chi connectivity index (χ1n) is 9.91. The summed E-state index contributed by atoms with van der Waals surface area (Å²) in [5.41, 5.74) is -1.02. The molecular formula is C19H39N5O3. The zero-order valence-electron chi connectivity index (χ0n) is 18.1. The molecule has 0 aliphatic carbocycles. The van der Waals surface area contributed by atoms with Crippen molar-refractivity contribution in [1.29, 1.82) is 0 Å². The molecule has 158 valence electrons. The van der Waals surface area contributed by atoms with Gasteiger partial charge < -0.3 is 26.0 Å². The molecule has 0 saturated carbocycles. The molecule has 0 aromatic rings. The number of alkyl carbamates (subject to hydrolysis) is 1. The normalized spacial score (nSPS) is 12.3. The molecule has 0 aliphatic heterocycles. The molecule has 0 radical (unpaired) electrons. The van der Waals surface area contributed by atoms with E-state index in [0.29, 0.717) is 25.6 Å².